The van der Waals surface area contributed by atoms with E-state index in [9.17, 15) is 18.0 Å². The van der Waals surface area contributed by atoms with Crippen LogP contribution in [-0.2, 0) is 11.0 Å². The molecule has 0 saturated carbocycles. The molecule has 7 heteroatoms. The summed E-state index contributed by atoms with van der Waals surface area (Å²) < 4.78 is 49.5. The second-order valence-corrected chi connectivity index (χ2v) is 5.72. The van der Waals surface area contributed by atoms with Crippen LogP contribution in [0.15, 0.2) is 36.4 Å². The van der Waals surface area contributed by atoms with Crippen LogP contribution >= 0.6 is 0 Å². The average molecular weight is 351 g/mol. The van der Waals surface area contributed by atoms with Crippen molar-refractivity contribution in [2.24, 2.45) is 0 Å². The number of hydrogen-bond donors (Lipinski definition) is 1. The topological polar surface area (TPSA) is 47.6 Å². The van der Waals surface area contributed by atoms with Gasteiger partial charge in [-0.15, -0.1) is 0 Å². The standard InChI is InChI=1S/C18H16F3NO3/c1-24-15-7-13-12(8-17(23)22-14(13)9-16(15)25-2)10-4-3-5-11(6-10)18(19,20)21/h3-7,9,12H,8H2,1-2H3,(H,22,23)/t12-/m0/s1. The van der Waals surface area contributed by atoms with Crippen molar-refractivity contribution in [2.45, 2.75) is 18.5 Å². The van der Waals surface area contributed by atoms with Gasteiger partial charge in [0.2, 0.25) is 5.91 Å². The molecule has 1 N–H and O–H groups in total. The minimum Gasteiger partial charge on any atom is -0.493 e. The summed E-state index contributed by atoms with van der Waals surface area (Å²) in [5, 5.41) is 2.73. The number of fused-ring (bicyclic) bond motifs is 1. The number of benzene rings is 2. The molecule has 25 heavy (non-hydrogen) atoms. The lowest BCUT2D eigenvalue weighted by Gasteiger charge is -2.27. The summed E-state index contributed by atoms with van der Waals surface area (Å²) >= 11 is 0. The highest BCUT2D eigenvalue weighted by Crippen LogP contribution is 2.43. The van der Waals surface area contributed by atoms with E-state index in [-0.39, 0.29) is 12.3 Å². The fraction of sp³-hybridized carbons (Fsp3) is 0.278. The van der Waals surface area contributed by atoms with Crippen LogP contribution in [0.1, 0.15) is 29.0 Å². The van der Waals surface area contributed by atoms with E-state index in [2.05, 4.69) is 5.32 Å². The first-order valence-corrected chi connectivity index (χ1v) is 7.56. The largest absolute Gasteiger partial charge is 0.493 e. The Bertz CT molecular complexity index is 818. The van der Waals surface area contributed by atoms with Gasteiger partial charge in [-0.1, -0.05) is 18.2 Å². The number of rotatable bonds is 3. The zero-order valence-corrected chi connectivity index (χ0v) is 13.6. The van der Waals surface area contributed by atoms with Crippen LogP contribution in [0.2, 0.25) is 0 Å². The normalized spacial score (nSPS) is 16.8. The summed E-state index contributed by atoms with van der Waals surface area (Å²) in [5.74, 6) is 0.133. The summed E-state index contributed by atoms with van der Waals surface area (Å²) in [4.78, 5) is 12.0. The molecule has 1 aliphatic rings. The van der Waals surface area contributed by atoms with Crippen molar-refractivity contribution in [3.8, 4) is 11.5 Å². The molecule has 3 rings (SSSR count). The Morgan fingerprint density at radius 3 is 2.40 bits per heavy atom. The molecular weight excluding hydrogens is 335 g/mol. The van der Waals surface area contributed by atoms with Gasteiger partial charge in [0.05, 0.1) is 19.8 Å². The quantitative estimate of drug-likeness (QED) is 0.902. The molecule has 0 saturated heterocycles. The fourth-order valence-electron chi connectivity index (χ4n) is 3.02. The van der Waals surface area contributed by atoms with Gasteiger partial charge in [0.15, 0.2) is 11.5 Å². The molecule has 132 valence electrons. The van der Waals surface area contributed by atoms with Crippen LogP contribution < -0.4 is 14.8 Å². The molecule has 2 aromatic carbocycles. The lowest BCUT2D eigenvalue weighted by atomic mass is 9.84. The van der Waals surface area contributed by atoms with Crippen molar-refractivity contribution in [3.05, 3.63) is 53.1 Å². The molecule has 0 spiro atoms. The molecule has 0 bridgehead atoms. The Hall–Kier alpha value is -2.70. The van der Waals surface area contributed by atoms with Gasteiger partial charge in [-0.3, -0.25) is 4.79 Å². The Morgan fingerprint density at radius 1 is 1.08 bits per heavy atom. The summed E-state index contributed by atoms with van der Waals surface area (Å²) in [6.45, 7) is 0. The Labute approximate surface area is 142 Å². The second-order valence-electron chi connectivity index (χ2n) is 5.72. The highest BCUT2D eigenvalue weighted by Gasteiger charge is 2.33. The number of halogens is 3. The van der Waals surface area contributed by atoms with E-state index < -0.39 is 17.7 Å². The number of amides is 1. The predicted molar refractivity (Wildman–Crippen MR) is 86.1 cm³/mol. The van der Waals surface area contributed by atoms with Gasteiger partial charge in [-0.25, -0.2) is 0 Å². The van der Waals surface area contributed by atoms with Crippen LogP contribution in [0.25, 0.3) is 0 Å². The molecule has 0 radical (unpaired) electrons. The lowest BCUT2D eigenvalue weighted by Crippen LogP contribution is -2.24. The van der Waals surface area contributed by atoms with Crippen molar-refractivity contribution < 1.29 is 27.4 Å². The first-order valence-electron chi connectivity index (χ1n) is 7.56. The number of methoxy groups -OCH3 is 2. The maximum atomic E-state index is 13.0. The minimum atomic E-state index is -4.44. The van der Waals surface area contributed by atoms with Gasteiger partial charge in [-0.2, -0.15) is 13.2 Å². The van der Waals surface area contributed by atoms with Crippen molar-refractivity contribution in [1.82, 2.24) is 0 Å². The average Bonchev–Trinajstić information content (AvgIpc) is 2.59. The number of ether oxygens (including phenoxy) is 2. The Morgan fingerprint density at radius 2 is 1.76 bits per heavy atom. The molecule has 4 nitrogen and oxygen atoms in total. The van der Waals surface area contributed by atoms with E-state index in [0.29, 0.717) is 28.3 Å². The third kappa shape index (κ3) is 3.26. The smallest absolute Gasteiger partial charge is 0.416 e. The summed E-state index contributed by atoms with van der Waals surface area (Å²) in [7, 11) is 2.95. The highest BCUT2D eigenvalue weighted by atomic mass is 19.4. The third-order valence-corrected chi connectivity index (χ3v) is 4.21. The van der Waals surface area contributed by atoms with Gasteiger partial charge in [0.25, 0.3) is 0 Å². The molecule has 0 aliphatic carbocycles. The van der Waals surface area contributed by atoms with Gasteiger partial charge in [0.1, 0.15) is 0 Å². The van der Waals surface area contributed by atoms with E-state index in [1.165, 1.54) is 20.3 Å². The van der Waals surface area contributed by atoms with Crippen molar-refractivity contribution >= 4 is 11.6 Å². The maximum absolute atomic E-state index is 13.0. The summed E-state index contributed by atoms with van der Waals surface area (Å²) in [5.41, 5.74) is 0.893. The number of carbonyl (C=O) groups excluding carboxylic acids is 1. The van der Waals surface area contributed by atoms with E-state index in [1.54, 1.807) is 18.2 Å². The maximum Gasteiger partial charge on any atom is 0.416 e. The van der Waals surface area contributed by atoms with E-state index >= 15 is 0 Å². The number of anilines is 1. The molecule has 1 amide bonds. The first-order chi connectivity index (χ1) is 11.8. The van der Waals surface area contributed by atoms with Gasteiger partial charge >= 0.3 is 6.18 Å². The Kier molecular flexibility index (Phi) is 4.32. The number of nitrogens with one attached hydrogen (secondary N) is 1. The molecule has 0 unspecified atom stereocenters. The zero-order chi connectivity index (χ0) is 18.2. The third-order valence-electron chi connectivity index (χ3n) is 4.21. The molecule has 1 heterocycles. The monoisotopic (exact) mass is 351 g/mol. The number of carbonyl (C=O) groups is 1. The van der Waals surface area contributed by atoms with Crippen LogP contribution in [0.4, 0.5) is 18.9 Å². The summed E-state index contributed by atoms with van der Waals surface area (Å²) in [6.07, 6.45) is -4.38. The second kappa shape index (κ2) is 6.31. The summed E-state index contributed by atoms with van der Waals surface area (Å²) in [6, 6.07) is 8.36. The van der Waals surface area contributed by atoms with Crippen LogP contribution in [0, 0.1) is 0 Å². The molecule has 2 aromatic rings. The first kappa shape index (κ1) is 17.1. The van der Waals surface area contributed by atoms with E-state index in [1.807, 2.05) is 0 Å². The fourth-order valence-corrected chi connectivity index (χ4v) is 3.02. The molecule has 0 fully saturated rings. The minimum absolute atomic E-state index is 0.0593. The van der Waals surface area contributed by atoms with Gasteiger partial charge in [0, 0.05) is 24.1 Å². The zero-order valence-electron chi connectivity index (χ0n) is 13.6. The number of alkyl halides is 3. The Balaban J connectivity index is 2.12. The predicted octanol–water partition coefficient (Wildman–Crippen LogP) is 4.20. The number of hydrogen-bond acceptors (Lipinski definition) is 3. The molecule has 1 atom stereocenters. The van der Waals surface area contributed by atoms with Crippen LogP contribution in [0.5, 0.6) is 11.5 Å². The highest BCUT2D eigenvalue weighted by molar-refractivity contribution is 5.96. The molecular formula is C18H16F3NO3. The lowest BCUT2D eigenvalue weighted by molar-refractivity contribution is -0.137. The van der Waals surface area contributed by atoms with Crippen LogP contribution in [0.3, 0.4) is 0 Å². The van der Waals surface area contributed by atoms with Crippen molar-refractivity contribution in [3.63, 3.8) is 0 Å². The van der Waals surface area contributed by atoms with Crippen molar-refractivity contribution in [2.75, 3.05) is 19.5 Å². The molecule has 1 aliphatic heterocycles. The van der Waals surface area contributed by atoms with E-state index in [4.69, 9.17) is 9.47 Å². The molecule has 0 aromatic heterocycles. The van der Waals surface area contributed by atoms with Gasteiger partial charge in [-0.05, 0) is 23.3 Å². The van der Waals surface area contributed by atoms with E-state index in [0.717, 1.165) is 12.1 Å². The SMILES string of the molecule is COc1cc2c(cc1OC)[C@H](c1cccc(C(F)(F)F)c1)CC(=O)N2. The van der Waals surface area contributed by atoms with Crippen LogP contribution in [-0.4, -0.2) is 20.1 Å². The van der Waals surface area contributed by atoms with Crippen molar-refractivity contribution in [1.29, 1.82) is 0 Å². The van der Waals surface area contributed by atoms with Gasteiger partial charge < -0.3 is 14.8 Å².